The van der Waals surface area contributed by atoms with Gasteiger partial charge in [0.1, 0.15) is 0 Å². The highest BCUT2D eigenvalue weighted by Gasteiger charge is 2.16. The summed E-state index contributed by atoms with van der Waals surface area (Å²) in [6.07, 6.45) is 0.970. The van der Waals surface area contributed by atoms with Crippen LogP contribution in [-0.2, 0) is 10.8 Å². The molecular formula is C13H21NOS. The van der Waals surface area contributed by atoms with Crippen molar-refractivity contribution in [3.05, 3.63) is 35.9 Å². The van der Waals surface area contributed by atoms with Gasteiger partial charge in [-0.25, -0.2) is 0 Å². The molecule has 0 heterocycles. The molecule has 0 aliphatic rings. The zero-order chi connectivity index (χ0) is 12.0. The molecule has 0 saturated heterocycles. The van der Waals surface area contributed by atoms with Gasteiger partial charge in [0.2, 0.25) is 0 Å². The van der Waals surface area contributed by atoms with Crippen molar-refractivity contribution < 1.29 is 4.21 Å². The number of benzene rings is 1. The maximum atomic E-state index is 12.0. The summed E-state index contributed by atoms with van der Waals surface area (Å²) in [4.78, 5) is 0. The average Bonchev–Trinajstić information content (AvgIpc) is 2.35. The summed E-state index contributed by atoms with van der Waals surface area (Å²) in [5.41, 5.74) is 1.21. The molecule has 0 bridgehead atoms. The van der Waals surface area contributed by atoms with Crippen LogP contribution in [0, 0.1) is 0 Å². The zero-order valence-corrected chi connectivity index (χ0v) is 11.1. The van der Waals surface area contributed by atoms with Crippen molar-refractivity contribution in [2.45, 2.75) is 31.6 Å². The Bertz CT molecular complexity index is 326. The molecule has 1 aromatic carbocycles. The predicted octanol–water partition coefficient (Wildman–Crippen LogP) is 2.49. The van der Waals surface area contributed by atoms with Crippen LogP contribution in [-0.4, -0.2) is 22.3 Å². The van der Waals surface area contributed by atoms with Crippen molar-refractivity contribution in [1.82, 2.24) is 5.32 Å². The van der Waals surface area contributed by atoms with Crippen LogP contribution in [0.5, 0.6) is 0 Å². The van der Waals surface area contributed by atoms with Gasteiger partial charge in [0.15, 0.2) is 0 Å². The van der Waals surface area contributed by atoms with E-state index in [0.29, 0.717) is 5.75 Å². The first-order chi connectivity index (χ1) is 7.69. The fraction of sp³-hybridized carbons (Fsp3) is 0.538. The van der Waals surface area contributed by atoms with Gasteiger partial charge in [-0.2, -0.15) is 0 Å². The van der Waals surface area contributed by atoms with Crippen LogP contribution in [0.25, 0.3) is 0 Å². The standard InChI is InChI=1S/C13H21NOS/c1-4-11(2)16(15)10-13(14-3)12-8-6-5-7-9-12/h5-9,11,13-14H,4,10H2,1-3H3. The summed E-state index contributed by atoms with van der Waals surface area (Å²) in [5, 5.41) is 3.51. The summed E-state index contributed by atoms with van der Waals surface area (Å²) in [6.45, 7) is 4.13. The molecule has 1 aromatic rings. The molecule has 0 aliphatic heterocycles. The van der Waals surface area contributed by atoms with Crippen molar-refractivity contribution in [1.29, 1.82) is 0 Å². The Balaban J connectivity index is 2.66. The quantitative estimate of drug-likeness (QED) is 0.826. The number of hydrogen-bond donors (Lipinski definition) is 1. The van der Waals surface area contributed by atoms with E-state index < -0.39 is 10.8 Å². The van der Waals surface area contributed by atoms with E-state index in [9.17, 15) is 4.21 Å². The fourth-order valence-electron chi connectivity index (χ4n) is 1.55. The Morgan fingerprint density at radius 3 is 2.44 bits per heavy atom. The molecule has 0 saturated carbocycles. The Morgan fingerprint density at radius 2 is 1.94 bits per heavy atom. The molecule has 3 unspecified atom stereocenters. The van der Waals surface area contributed by atoms with Crippen molar-refractivity contribution >= 4 is 10.8 Å². The molecule has 0 amide bonds. The van der Waals surface area contributed by atoms with Crippen molar-refractivity contribution in [3.63, 3.8) is 0 Å². The predicted molar refractivity (Wildman–Crippen MR) is 71.0 cm³/mol. The lowest BCUT2D eigenvalue weighted by Crippen LogP contribution is -2.26. The van der Waals surface area contributed by atoms with Gasteiger partial charge in [-0.05, 0) is 19.0 Å². The highest BCUT2D eigenvalue weighted by molar-refractivity contribution is 7.85. The highest BCUT2D eigenvalue weighted by Crippen LogP contribution is 2.15. The van der Waals surface area contributed by atoms with Crippen LogP contribution in [0.1, 0.15) is 31.9 Å². The van der Waals surface area contributed by atoms with Crippen LogP contribution in [0.4, 0.5) is 0 Å². The fourth-order valence-corrected chi connectivity index (χ4v) is 2.93. The first kappa shape index (κ1) is 13.4. The second-order valence-electron chi connectivity index (χ2n) is 4.02. The van der Waals surface area contributed by atoms with Gasteiger partial charge in [-0.1, -0.05) is 44.2 Å². The van der Waals surface area contributed by atoms with E-state index in [-0.39, 0.29) is 11.3 Å². The van der Waals surface area contributed by atoms with Gasteiger partial charge >= 0.3 is 0 Å². The largest absolute Gasteiger partial charge is 0.312 e. The van der Waals surface area contributed by atoms with Gasteiger partial charge in [-0.15, -0.1) is 0 Å². The molecule has 0 aliphatic carbocycles. The maximum absolute atomic E-state index is 12.0. The zero-order valence-electron chi connectivity index (χ0n) is 10.3. The van der Waals surface area contributed by atoms with E-state index in [0.717, 1.165) is 6.42 Å². The molecule has 2 nitrogen and oxygen atoms in total. The van der Waals surface area contributed by atoms with E-state index in [4.69, 9.17) is 0 Å². The molecule has 1 rings (SSSR count). The third-order valence-electron chi connectivity index (χ3n) is 2.91. The van der Waals surface area contributed by atoms with Crippen LogP contribution in [0.3, 0.4) is 0 Å². The van der Waals surface area contributed by atoms with E-state index in [2.05, 4.69) is 24.4 Å². The summed E-state index contributed by atoms with van der Waals surface area (Å²) < 4.78 is 12.0. The number of rotatable bonds is 6. The van der Waals surface area contributed by atoms with E-state index in [1.807, 2.05) is 32.2 Å². The molecule has 0 spiro atoms. The van der Waals surface area contributed by atoms with Crippen molar-refractivity contribution in [2.75, 3.05) is 12.8 Å². The van der Waals surface area contributed by atoms with Gasteiger partial charge < -0.3 is 5.32 Å². The average molecular weight is 239 g/mol. The lowest BCUT2D eigenvalue weighted by atomic mass is 10.1. The van der Waals surface area contributed by atoms with Crippen molar-refractivity contribution in [3.8, 4) is 0 Å². The third kappa shape index (κ3) is 3.72. The lowest BCUT2D eigenvalue weighted by Gasteiger charge is -2.18. The normalized spacial score (nSPS) is 16.7. The second kappa shape index (κ2) is 6.81. The molecule has 3 atom stereocenters. The molecule has 0 fully saturated rings. The monoisotopic (exact) mass is 239 g/mol. The van der Waals surface area contributed by atoms with E-state index in [1.54, 1.807) is 0 Å². The number of hydrogen-bond acceptors (Lipinski definition) is 2. The van der Waals surface area contributed by atoms with Crippen LogP contribution < -0.4 is 5.32 Å². The molecule has 90 valence electrons. The Hall–Kier alpha value is -0.670. The summed E-state index contributed by atoms with van der Waals surface area (Å²) in [7, 11) is 1.16. The first-order valence-electron chi connectivity index (χ1n) is 5.78. The van der Waals surface area contributed by atoms with Crippen LogP contribution >= 0.6 is 0 Å². The van der Waals surface area contributed by atoms with E-state index >= 15 is 0 Å². The molecule has 0 aromatic heterocycles. The highest BCUT2D eigenvalue weighted by atomic mass is 32.2. The lowest BCUT2D eigenvalue weighted by molar-refractivity contribution is 0.627. The SMILES string of the molecule is CCC(C)S(=O)CC(NC)c1ccccc1. The number of nitrogens with one attached hydrogen (secondary N) is 1. The Labute approximate surface area is 101 Å². The topological polar surface area (TPSA) is 29.1 Å². The van der Waals surface area contributed by atoms with E-state index in [1.165, 1.54) is 5.56 Å². The van der Waals surface area contributed by atoms with Crippen LogP contribution in [0.2, 0.25) is 0 Å². The van der Waals surface area contributed by atoms with Gasteiger partial charge in [0.05, 0.1) is 0 Å². The van der Waals surface area contributed by atoms with Gasteiger partial charge in [0.25, 0.3) is 0 Å². The maximum Gasteiger partial charge on any atom is 0.0434 e. The molecule has 1 N–H and O–H groups in total. The van der Waals surface area contributed by atoms with Gasteiger partial charge in [-0.3, -0.25) is 4.21 Å². The summed E-state index contributed by atoms with van der Waals surface area (Å²) in [5.74, 6) is 0.690. The summed E-state index contributed by atoms with van der Waals surface area (Å²) in [6, 6.07) is 10.4. The third-order valence-corrected chi connectivity index (χ3v) is 4.80. The molecular weight excluding hydrogens is 218 g/mol. The van der Waals surface area contributed by atoms with Crippen LogP contribution in [0.15, 0.2) is 30.3 Å². The summed E-state index contributed by atoms with van der Waals surface area (Å²) >= 11 is 0. The van der Waals surface area contributed by atoms with Crippen molar-refractivity contribution in [2.24, 2.45) is 0 Å². The molecule has 3 heteroatoms. The second-order valence-corrected chi connectivity index (χ2v) is 5.92. The Kier molecular flexibility index (Phi) is 5.71. The Morgan fingerprint density at radius 1 is 1.31 bits per heavy atom. The minimum absolute atomic E-state index is 0.191. The first-order valence-corrected chi connectivity index (χ1v) is 7.16. The minimum Gasteiger partial charge on any atom is -0.312 e. The molecule has 0 radical (unpaired) electrons. The van der Waals surface area contributed by atoms with Gasteiger partial charge in [0, 0.05) is 27.8 Å². The smallest absolute Gasteiger partial charge is 0.0434 e. The minimum atomic E-state index is -0.758. The molecule has 16 heavy (non-hydrogen) atoms.